The lowest BCUT2D eigenvalue weighted by Gasteiger charge is -2.15. The third-order valence-corrected chi connectivity index (χ3v) is 3.98. The van der Waals surface area contributed by atoms with Crippen molar-refractivity contribution >= 4 is 23.8 Å². The van der Waals surface area contributed by atoms with E-state index in [1.807, 2.05) is 30.3 Å². The number of ether oxygens (including phenoxy) is 1. The lowest BCUT2D eigenvalue weighted by molar-refractivity contribution is -0.422. The van der Waals surface area contributed by atoms with Gasteiger partial charge in [0.05, 0.1) is 4.92 Å². The molecule has 0 aromatic heterocycles. The van der Waals surface area contributed by atoms with Gasteiger partial charge in [-0.15, -0.1) is 11.8 Å². The normalized spacial score (nSPS) is 16.9. The van der Waals surface area contributed by atoms with Gasteiger partial charge in [-0.1, -0.05) is 36.4 Å². The lowest BCUT2D eigenvalue weighted by atomic mass is 10.2. The van der Waals surface area contributed by atoms with Crippen LogP contribution in [0.25, 0.3) is 6.08 Å². The Morgan fingerprint density at radius 3 is 2.82 bits per heavy atom. The molecular weight excluding hydrogens is 304 g/mol. The summed E-state index contributed by atoms with van der Waals surface area (Å²) in [7, 11) is 0. The van der Waals surface area contributed by atoms with Gasteiger partial charge in [-0.05, 0) is 18.1 Å². The van der Waals surface area contributed by atoms with E-state index in [0.717, 1.165) is 17.7 Å². The molecule has 1 heterocycles. The minimum atomic E-state index is -0.917. The van der Waals surface area contributed by atoms with Crippen molar-refractivity contribution in [1.29, 1.82) is 0 Å². The first-order chi connectivity index (χ1) is 10.7. The van der Waals surface area contributed by atoms with E-state index in [2.05, 4.69) is 5.32 Å². The van der Waals surface area contributed by atoms with Crippen LogP contribution in [0, 0.1) is 10.1 Å². The number of carbonyl (C=O) groups excluding carboxylic acids is 1. The number of nitrogens with one attached hydrogen (secondary N) is 1. The molecule has 0 radical (unpaired) electrons. The molecule has 7 heteroatoms. The molecule has 0 unspecified atom stereocenters. The fourth-order valence-electron chi connectivity index (χ4n) is 1.84. The second kappa shape index (κ2) is 8.23. The number of esters is 1. The largest absolute Gasteiger partial charge is 0.453 e. The van der Waals surface area contributed by atoms with E-state index in [0.29, 0.717) is 6.54 Å². The standard InChI is InChI=1S/C15H16N2O4S/c18-15(13(17(19)20)14-16-9-5-11-22-14)21-10-4-8-12-6-2-1-3-7-12/h1-4,6-8,16H,5,9-11H2. The summed E-state index contributed by atoms with van der Waals surface area (Å²) in [6.45, 7) is 0.615. The number of nitro groups is 1. The molecule has 0 bridgehead atoms. The second-order valence-corrected chi connectivity index (χ2v) is 5.58. The van der Waals surface area contributed by atoms with E-state index in [1.54, 1.807) is 12.2 Å². The highest BCUT2D eigenvalue weighted by atomic mass is 32.2. The van der Waals surface area contributed by atoms with Crippen LogP contribution in [0.15, 0.2) is 47.1 Å². The molecule has 0 aliphatic carbocycles. The molecule has 116 valence electrons. The van der Waals surface area contributed by atoms with Crippen molar-refractivity contribution in [3.8, 4) is 0 Å². The van der Waals surface area contributed by atoms with Gasteiger partial charge in [0.1, 0.15) is 6.61 Å². The maximum atomic E-state index is 11.9. The summed E-state index contributed by atoms with van der Waals surface area (Å²) in [4.78, 5) is 22.3. The van der Waals surface area contributed by atoms with Crippen molar-refractivity contribution in [2.75, 3.05) is 18.9 Å². The SMILES string of the molecule is O=C(OCC=Cc1ccccc1)C(=C1NCCCS1)[N+](=O)[O-]. The summed E-state index contributed by atoms with van der Waals surface area (Å²) in [5, 5.41) is 14.2. The third-order valence-electron chi connectivity index (χ3n) is 2.86. The molecule has 0 amide bonds. The minimum absolute atomic E-state index is 0.0109. The highest BCUT2D eigenvalue weighted by molar-refractivity contribution is 8.03. The maximum Gasteiger partial charge on any atom is 0.413 e. The number of hydrogen-bond donors (Lipinski definition) is 1. The summed E-state index contributed by atoms with van der Waals surface area (Å²) < 4.78 is 4.96. The Morgan fingerprint density at radius 1 is 1.41 bits per heavy atom. The third kappa shape index (κ3) is 4.63. The van der Waals surface area contributed by atoms with Gasteiger partial charge in [0.2, 0.25) is 0 Å². The van der Waals surface area contributed by atoms with E-state index >= 15 is 0 Å². The Balaban J connectivity index is 1.94. The summed E-state index contributed by atoms with van der Waals surface area (Å²) in [6.07, 6.45) is 4.35. The summed E-state index contributed by atoms with van der Waals surface area (Å²) >= 11 is 1.27. The average Bonchev–Trinajstić information content (AvgIpc) is 2.53. The van der Waals surface area contributed by atoms with E-state index in [4.69, 9.17) is 4.74 Å². The van der Waals surface area contributed by atoms with Crippen LogP contribution in [0.3, 0.4) is 0 Å². The molecule has 0 atom stereocenters. The zero-order chi connectivity index (χ0) is 15.8. The average molecular weight is 320 g/mol. The molecule has 0 saturated carbocycles. The maximum absolute atomic E-state index is 11.9. The molecule has 1 aliphatic rings. The fourth-order valence-corrected chi connectivity index (χ4v) is 2.83. The predicted molar refractivity (Wildman–Crippen MR) is 85.5 cm³/mol. The first kappa shape index (κ1) is 16.1. The molecule has 1 aromatic carbocycles. The van der Waals surface area contributed by atoms with Crippen LogP contribution in [0.4, 0.5) is 0 Å². The molecule has 1 N–H and O–H groups in total. The van der Waals surface area contributed by atoms with Crippen LogP contribution in [0.2, 0.25) is 0 Å². The van der Waals surface area contributed by atoms with E-state index < -0.39 is 16.6 Å². The van der Waals surface area contributed by atoms with Crippen LogP contribution in [0.1, 0.15) is 12.0 Å². The second-order valence-electron chi connectivity index (χ2n) is 4.48. The van der Waals surface area contributed by atoms with Crippen molar-refractivity contribution in [2.45, 2.75) is 6.42 Å². The van der Waals surface area contributed by atoms with Crippen molar-refractivity contribution < 1.29 is 14.5 Å². The van der Waals surface area contributed by atoms with Crippen LogP contribution < -0.4 is 5.32 Å². The smallest absolute Gasteiger partial charge is 0.413 e. The van der Waals surface area contributed by atoms with Crippen molar-refractivity contribution in [3.05, 3.63) is 62.8 Å². The van der Waals surface area contributed by atoms with Gasteiger partial charge in [-0.3, -0.25) is 10.1 Å². The van der Waals surface area contributed by atoms with Gasteiger partial charge in [-0.2, -0.15) is 0 Å². The Hall–Kier alpha value is -2.28. The number of rotatable bonds is 5. The molecular formula is C15H16N2O4S. The van der Waals surface area contributed by atoms with Gasteiger partial charge >= 0.3 is 11.7 Å². The van der Waals surface area contributed by atoms with Gasteiger partial charge in [-0.25, -0.2) is 4.79 Å². The Labute approximate surface area is 132 Å². The molecule has 1 aliphatic heterocycles. The monoisotopic (exact) mass is 320 g/mol. The van der Waals surface area contributed by atoms with Gasteiger partial charge < -0.3 is 10.1 Å². The Bertz CT molecular complexity index is 591. The first-order valence-electron chi connectivity index (χ1n) is 6.82. The topological polar surface area (TPSA) is 81.5 Å². The highest BCUT2D eigenvalue weighted by Gasteiger charge is 2.30. The summed E-state index contributed by atoms with van der Waals surface area (Å²) in [6, 6.07) is 9.51. The van der Waals surface area contributed by atoms with E-state index in [-0.39, 0.29) is 11.6 Å². The van der Waals surface area contributed by atoms with Crippen LogP contribution in [-0.2, 0) is 9.53 Å². The van der Waals surface area contributed by atoms with Crippen LogP contribution in [-0.4, -0.2) is 29.8 Å². The van der Waals surface area contributed by atoms with Gasteiger partial charge in [0.25, 0.3) is 0 Å². The Morgan fingerprint density at radius 2 is 2.18 bits per heavy atom. The molecule has 6 nitrogen and oxygen atoms in total. The molecule has 0 spiro atoms. The number of carbonyl (C=O) groups is 1. The van der Waals surface area contributed by atoms with Crippen LogP contribution >= 0.6 is 11.8 Å². The van der Waals surface area contributed by atoms with E-state index in [1.165, 1.54) is 11.8 Å². The van der Waals surface area contributed by atoms with E-state index in [9.17, 15) is 14.9 Å². The number of benzene rings is 1. The lowest BCUT2D eigenvalue weighted by Crippen LogP contribution is -2.26. The summed E-state index contributed by atoms with van der Waals surface area (Å²) in [5.41, 5.74) is 0.453. The minimum Gasteiger partial charge on any atom is -0.453 e. The number of hydrogen-bond acceptors (Lipinski definition) is 6. The highest BCUT2D eigenvalue weighted by Crippen LogP contribution is 2.22. The Kier molecular flexibility index (Phi) is 6.02. The summed E-state index contributed by atoms with van der Waals surface area (Å²) in [5.74, 6) is -0.166. The number of thioether (sulfide) groups is 1. The fraction of sp³-hybridized carbons (Fsp3) is 0.267. The van der Waals surface area contributed by atoms with Crippen molar-refractivity contribution in [1.82, 2.24) is 5.32 Å². The predicted octanol–water partition coefficient (Wildman–Crippen LogP) is 2.42. The van der Waals surface area contributed by atoms with Crippen molar-refractivity contribution in [3.63, 3.8) is 0 Å². The van der Waals surface area contributed by atoms with Gasteiger partial charge in [0.15, 0.2) is 5.03 Å². The zero-order valence-electron chi connectivity index (χ0n) is 11.9. The quantitative estimate of drug-likeness (QED) is 0.388. The molecule has 2 rings (SSSR count). The molecule has 1 aromatic rings. The first-order valence-corrected chi connectivity index (χ1v) is 7.81. The number of nitrogens with zero attached hydrogens (tertiary/aromatic N) is 1. The molecule has 1 fully saturated rings. The van der Waals surface area contributed by atoms with Crippen LogP contribution in [0.5, 0.6) is 0 Å². The molecule has 1 saturated heterocycles. The van der Waals surface area contributed by atoms with Gasteiger partial charge in [0, 0.05) is 12.3 Å². The van der Waals surface area contributed by atoms with Crippen molar-refractivity contribution in [2.24, 2.45) is 0 Å². The molecule has 22 heavy (non-hydrogen) atoms. The zero-order valence-corrected chi connectivity index (χ0v) is 12.7.